The van der Waals surface area contributed by atoms with E-state index in [1.54, 1.807) is 13.1 Å². The zero-order valence-corrected chi connectivity index (χ0v) is 7.57. The number of aliphatic hydroxyl groups is 1. The second kappa shape index (κ2) is 6.76. The van der Waals surface area contributed by atoms with Crippen LogP contribution < -0.4 is 5.73 Å². The Morgan fingerprint density at radius 3 is 2.33 bits per heavy atom. The van der Waals surface area contributed by atoms with Crippen molar-refractivity contribution in [2.75, 3.05) is 6.54 Å². The van der Waals surface area contributed by atoms with Crippen LogP contribution in [-0.4, -0.2) is 22.7 Å². The third-order valence-corrected chi connectivity index (χ3v) is 1.15. The normalized spacial score (nSPS) is 11.3. The minimum Gasteiger partial charge on any atom is -0.392 e. The van der Waals surface area contributed by atoms with Crippen molar-refractivity contribution in [3.8, 4) is 0 Å². The summed E-state index contributed by atoms with van der Waals surface area (Å²) in [6.07, 6.45) is 1.45. The van der Waals surface area contributed by atoms with Gasteiger partial charge in [-0.05, 0) is 26.0 Å². The van der Waals surface area contributed by atoms with Gasteiger partial charge in [0, 0.05) is 18.4 Å². The van der Waals surface area contributed by atoms with Gasteiger partial charge in [-0.15, -0.1) is 0 Å². The van der Waals surface area contributed by atoms with Gasteiger partial charge in [-0.1, -0.05) is 6.07 Å². The van der Waals surface area contributed by atoms with Crippen molar-refractivity contribution in [2.24, 2.45) is 5.73 Å². The highest BCUT2D eigenvalue weighted by molar-refractivity contribution is 4.99. The minimum atomic E-state index is -0.338. The molecule has 0 saturated carbocycles. The molecule has 1 heterocycles. The zero-order chi connectivity index (χ0) is 9.40. The van der Waals surface area contributed by atoms with E-state index in [1.807, 2.05) is 25.1 Å². The summed E-state index contributed by atoms with van der Waals surface area (Å²) in [6.45, 7) is 3.99. The van der Waals surface area contributed by atoms with Crippen molar-refractivity contribution in [1.29, 1.82) is 0 Å². The molecule has 0 spiro atoms. The summed E-state index contributed by atoms with van der Waals surface area (Å²) in [5.74, 6) is 0. The lowest BCUT2D eigenvalue weighted by molar-refractivity contribution is 0.203. The van der Waals surface area contributed by atoms with Gasteiger partial charge < -0.3 is 10.8 Å². The Bertz CT molecular complexity index is 187. The van der Waals surface area contributed by atoms with Gasteiger partial charge in [-0.25, -0.2) is 0 Å². The van der Waals surface area contributed by atoms with Gasteiger partial charge in [-0.3, -0.25) is 4.98 Å². The maximum atomic E-state index is 8.24. The summed E-state index contributed by atoms with van der Waals surface area (Å²) in [4.78, 5) is 3.98. The number of aryl methyl sites for hydroxylation is 1. The SMILES string of the molecule is CC(O)CN.Cc1ccccn1. The fourth-order valence-corrected chi connectivity index (χ4v) is 0.448. The number of nitrogens with zero attached hydrogens (tertiary/aromatic N) is 1. The molecule has 0 aliphatic rings. The molecule has 1 aromatic rings. The second-order valence-corrected chi connectivity index (χ2v) is 2.56. The first-order valence-electron chi connectivity index (χ1n) is 3.92. The molecule has 3 N–H and O–H groups in total. The summed E-state index contributed by atoms with van der Waals surface area (Å²) in [5, 5.41) is 8.24. The summed E-state index contributed by atoms with van der Waals surface area (Å²) in [5.41, 5.74) is 5.99. The first-order valence-corrected chi connectivity index (χ1v) is 3.92. The molecule has 0 aliphatic heterocycles. The van der Waals surface area contributed by atoms with Crippen LogP contribution in [0.3, 0.4) is 0 Å². The fraction of sp³-hybridized carbons (Fsp3) is 0.444. The Hall–Kier alpha value is -0.930. The molecule has 0 aliphatic carbocycles. The Kier molecular flexibility index (Phi) is 6.24. The van der Waals surface area contributed by atoms with Crippen molar-refractivity contribution in [3.63, 3.8) is 0 Å². The molecular formula is C9H16N2O. The van der Waals surface area contributed by atoms with Gasteiger partial charge >= 0.3 is 0 Å². The van der Waals surface area contributed by atoms with Crippen LogP contribution in [-0.2, 0) is 0 Å². The molecule has 0 fully saturated rings. The number of hydrogen-bond donors (Lipinski definition) is 2. The fourth-order valence-electron chi connectivity index (χ4n) is 0.448. The van der Waals surface area contributed by atoms with Crippen molar-refractivity contribution in [2.45, 2.75) is 20.0 Å². The lowest BCUT2D eigenvalue weighted by Gasteiger charge is -1.91. The molecule has 0 saturated heterocycles. The van der Waals surface area contributed by atoms with Crippen LogP contribution in [0, 0.1) is 6.92 Å². The van der Waals surface area contributed by atoms with E-state index in [4.69, 9.17) is 10.8 Å². The number of pyridine rings is 1. The predicted octanol–water partition coefficient (Wildman–Crippen LogP) is 0.716. The summed E-state index contributed by atoms with van der Waals surface area (Å²) >= 11 is 0. The Morgan fingerprint density at radius 1 is 1.58 bits per heavy atom. The third-order valence-electron chi connectivity index (χ3n) is 1.15. The topological polar surface area (TPSA) is 59.1 Å². The molecule has 0 aromatic carbocycles. The quantitative estimate of drug-likeness (QED) is 0.649. The van der Waals surface area contributed by atoms with Crippen molar-refractivity contribution >= 4 is 0 Å². The molecule has 1 aromatic heterocycles. The van der Waals surface area contributed by atoms with E-state index in [0.29, 0.717) is 6.54 Å². The van der Waals surface area contributed by atoms with Crippen LogP contribution in [0.5, 0.6) is 0 Å². The second-order valence-electron chi connectivity index (χ2n) is 2.56. The standard InChI is InChI=1S/C6H7N.C3H9NO/c1-6-4-2-3-5-7-6;1-3(5)2-4/h2-5H,1H3;3,5H,2,4H2,1H3. The maximum absolute atomic E-state index is 8.24. The number of nitrogens with two attached hydrogens (primary N) is 1. The third kappa shape index (κ3) is 7.18. The highest BCUT2D eigenvalue weighted by atomic mass is 16.3. The number of aliphatic hydroxyl groups excluding tert-OH is 1. The summed E-state index contributed by atoms with van der Waals surface area (Å²) < 4.78 is 0. The first-order chi connectivity index (χ1) is 5.66. The average Bonchev–Trinajstić information content (AvgIpc) is 2.07. The van der Waals surface area contributed by atoms with Crippen LogP contribution in [0.2, 0.25) is 0 Å². The molecule has 0 amide bonds. The zero-order valence-electron chi connectivity index (χ0n) is 7.57. The molecule has 68 valence electrons. The van der Waals surface area contributed by atoms with Crippen LogP contribution in [0.15, 0.2) is 24.4 Å². The summed E-state index contributed by atoms with van der Waals surface area (Å²) in [7, 11) is 0. The average molecular weight is 168 g/mol. The minimum absolute atomic E-state index is 0.338. The molecule has 1 unspecified atom stereocenters. The molecule has 0 bridgehead atoms. The molecule has 1 rings (SSSR count). The highest BCUT2D eigenvalue weighted by Crippen LogP contribution is 1.85. The highest BCUT2D eigenvalue weighted by Gasteiger charge is 1.81. The van der Waals surface area contributed by atoms with Crippen LogP contribution in [0.1, 0.15) is 12.6 Å². The Balaban J connectivity index is 0.000000217. The molecule has 3 heteroatoms. The number of aromatic nitrogens is 1. The largest absolute Gasteiger partial charge is 0.392 e. The van der Waals surface area contributed by atoms with Gasteiger partial charge in [-0.2, -0.15) is 0 Å². The number of rotatable bonds is 1. The number of hydrogen-bond acceptors (Lipinski definition) is 3. The van der Waals surface area contributed by atoms with E-state index in [2.05, 4.69) is 4.98 Å². The smallest absolute Gasteiger partial charge is 0.0634 e. The van der Waals surface area contributed by atoms with Gasteiger partial charge in [0.25, 0.3) is 0 Å². The van der Waals surface area contributed by atoms with Crippen molar-refractivity contribution < 1.29 is 5.11 Å². The van der Waals surface area contributed by atoms with Crippen molar-refractivity contribution in [1.82, 2.24) is 4.98 Å². The molecule has 0 radical (unpaired) electrons. The molecular weight excluding hydrogens is 152 g/mol. The lowest BCUT2D eigenvalue weighted by Crippen LogP contribution is -2.14. The van der Waals surface area contributed by atoms with E-state index < -0.39 is 0 Å². The van der Waals surface area contributed by atoms with E-state index in [1.165, 1.54) is 0 Å². The van der Waals surface area contributed by atoms with Crippen LogP contribution in [0.4, 0.5) is 0 Å². The molecule has 12 heavy (non-hydrogen) atoms. The molecule has 1 atom stereocenters. The van der Waals surface area contributed by atoms with Crippen LogP contribution in [0.25, 0.3) is 0 Å². The van der Waals surface area contributed by atoms with Gasteiger partial charge in [0.05, 0.1) is 6.10 Å². The van der Waals surface area contributed by atoms with Gasteiger partial charge in [0.15, 0.2) is 0 Å². The maximum Gasteiger partial charge on any atom is 0.0634 e. The van der Waals surface area contributed by atoms with Crippen LogP contribution >= 0.6 is 0 Å². The van der Waals surface area contributed by atoms with Gasteiger partial charge in [0.1, 0.15) is 0 Å². The monoisotopic (exact) mass is 168 g/mol. The van der Waals surface area contributed by atoms with Crippen molar-refractivity contribution in [3.05, 3.63) is 30.1 Å². The van der Waals surface area contributed by atoms with E-state index in [9.17, 15) is 0 Å². The van der Waals surface area contributed by atoms with Gasteiger partial charge in [0.2, 0.25) is 0 Å². The Morgan fingerprint density at radius 2 is 2.17 bits per heavy atom. The Labute approximate surface area is 73.3 Å². The summed E-state index contributed by atoms with van der Waals surface area (Å²) in [6, 6.07) is 5.86. The molecule has 3 nitrogen and oxygen atoms in total. The van der Waals surface area contributed by atoms with E-state index in [0.717, 1.165) is 5.69 Å². The van der Waals surface area contributed by atoms with E-state index >= 15 is 0 Å². The first kappa shape index (κ1) is 11.1. The van der Waals surface area contributed by atoms with E-state index in [-0.39, 0.29) is 6.10 Å². The predicted molar refractivity (Wildman–Crippen MR) is 49.7 cm³/mol. The lowest BCUT2D eigenvalue weighted by atomic mass is 10.4.